The molecule has 0 aromatic carbocycles. The van der Waals surface area contributed by atoms with E-state index in [1.165, 1.54) is 6.07 Å². The summed E-state index contributed by atoms with van der Waals surface area (Å²) in [4.78, 5) is 21.4. The van der Waals surface area contributed by atoms with Gasteiger partial charge in [0.2, 0.25) is 0 Å². The lowest BCUT2D eigenvalue weighted by Gasteiger charge is -2.07. The highest BCUT2D eigenvalue weighted by atomic mass is 79.9. The summed E-state index contributed by atoms with van der Waals surface area (Å²) in [5.41, 5.74) is 0.948. The number of ether oxygens (including phenoxy) is 1. The monoisotopic (exact) mass is 311 g/mol. The topological polar surface area (TPSA) is 88.1 Å². The number of carboxylic acid groups (broad SMARTS) is 1. The maximum atomic E-state index is 10.7. The number of carboxylic acids is 1. The molecule has 0 spiro atoms. The Morgan fingerprint density at radius 3 is 2.94 bits per heavy atom. The Morgan fingerprint density at radius 1 is 1.50 bits per heavy atom. The van der Waals surface area contributed by atoms with Gasteiger partial charge < -0.3 is 14.8 Å². The van der Waals surface area contributed by atoms with Crippen molar-refractivity contribution in [2.75, 3.05) is 6.61 Å². The van der Waals surface area contributed by atoms with Crippen molar-refractivity contribution in [3.63, 3.8) is 0 Å². The Labute approximate surface area is 111 Å². The number of aromatic nitrogens is 3. The second-order valence-corrected chi connectivity index (χ2v) is 4.22. The van der Waals surface area contributed by atoms with Gasteiger partial charge in [-0.25, -0.2) is 14.8 Å². The van der Waals surface area contributed by atoms with Crippen LogP contribution >= 0.6 is 15.9 Å². The number of hydrogen-bond donors (Lipinski definition) is 2. The Bertz CT molecular complexity index is 542. The van der Waals surface area contributed by atoms with Gasteiger partial charge in [-0.05, 0) is 28.1 Å². The lowest BCUT2D eigenvalue weighted by Crippen LogP contribution is -2.05. The number of halogens is 1. The Kier molecular flexibility index (Phi) is 3.93. The first kappa shape index (κ1) is 12.6. The summed E-state index contributed by atoms with van der Waals surface area (Å²) in [6.07, 6.45) is 4.02. The fraction of sp³-hybridized carbons (Fsp3) is 0.182. The molecule has 0 aliphatic carbocycles. The van der Waals surface area contributed by atoms with Crippen molar-refractivity contribution in [3.8, 4) is 5.75 Å². The van der Waals surface area contributed by atoms with Gasteiger partial charge >= 0.3 is 5.97 Å². The minimum Gasteiger partial charge on any atom is -0.490 e. The molecule has 0 radical (unpaired) electrons. The minimum atomic E-state index is -1.07. The molecular weight excluding hydrogens is 302 g/mol. The summed E-state index contributed by atoms with van der Waals surface area (Å²) in [7, 11) is 0. The van der Waals surface area contributed by atoms with Crippen LogP contribution in [0.1, 0.15) is 16.2 Å². The third-order valence-corrected chi connectivity index (χ3v) is 2.79. The molecule has 0 aliphatic rings. The van der Waals surface area contributed by atoms with Gasteiger partial charge in [0.25, 0.3) is 0 Å². The predicted molar refractivity (Wildman–Crippen MR) is 66.7 cm³/mol. The van der Waals surface area contributed by atoms with Crippen LogP contribution in [0.15, 0.2) is 29.3 Å². The molecule has 0 saturated heterocycles. The number of hydrogen-bond acceptors (Lipinski definition) is 4. The first-order valence-electron chi connectivity index (χ1n) is 5.16. The fourth-order valence-electron chi connectivity index (χ4n) is 1.34. The van der Waals surface area contributed by atoms with E-state index in [4.69, 9.17) is 9.84 Å². The molecule has 0 saturated carbocycles. The van der Waals surface area contributed by atoms with E-state index in [1.54, 1.807) is 18.6 Å². The molecule has 2 N–H and O–H groups in total. The van der Waals surface area contributed by atoms with Gasteiger partial charge in [0, 0.05) is 18.3 Å². The number of H-pyrrole nitrogens is 1. The molecule has 0 bridgehead atoms. The molecule has 18 heavy (non-hydrogen) atoms. The van der Waals surface area contributed by atoms with Gasteiger partial charge in [0.1, 0.15) is 10.3 Å². The van der Waals surface area contributed by atoms with Gasteiger partial charge in [-0.3, -0.25) is 0 Å². The first-order valence-corrected chi connectivity index (χ1v) is 5.96. The van der Waals surface area contributed by atoms with Crippen molar-refractivity contribution in [2.45, 2.75) is 6.42 Å². The van der Waals surface area contributed by atoms with E-state index >= 15 is 0 Å². The van der Waals surface area contributed by atoms with Gasteiger partial charge in [0.05, 0.1) is 12.9 Å². The van der Waals surface area contributed by atoms with E-state index in [2.05, 4.69) is 30.9 Å². The molecule has 2 heterocycles. The number of aromatic carboxylic acids is 1. The minimum absolute atomic E-state index is 0.0252. The van der Waals surface area contributed by atoms with Crippen molar-refractivity contribution in [2.24, 2.45) is 0 Å². The van der Waals surface area contributed by atoms with Gasteiger partial charge in [-0.15, -0.1) is 0 Å². The number of carbonyl (C=O) groups is 1. The van der Waals surface area contributed by atoms with E-state index in [0.29, 0.717) is 23.4 Å². The quantitative estimate of drug-likeness (QED) is 0.823. The van der Waals surface area contributed by atoms with Crippen LogP contribution in [0.5, 0.6) is 5.75 Å². The molecular formula is C11H10BrN3O3. The zero-order chi connectivity index (χ0) is 13.0. The maximum Gasteiger partial charge on any atom is 0.354 e. The molecule has 0 aliphatic heterocycles. The molecule has 94 valence electrons. The third kappa shape index (κ3) is 3.07. The van der Waals surface area contributed by atoms with Crippen molar-refractivity contribution in [1.82, 2.24) is 15.0 Å². The maximum absolute atomic E-state index is 10.7. The fourth-order valence-corrected chi connectivity index (χ4v) is 1.78. The summed E-state index contributed by atoms with van der Waals surface area (Å²) in [5.74, 6) is -0.556. The Morgan fingerprint density at radius 2 is 2.33 bits per heavy atom. The lowest BCUT2D eigenvalue weighted by atomic mass is 10.3. The van der Waals surface area contributed by atoms with Crippen LogP contribution in [0.4, 0.5) is 0 Å². The van der Waals surface area contributed by atoms with Crippen LogP contribution in [-0.4, -0.2) is 32.6 Å². The van der Waals surface area contributed by atoms with Crippen LogP contribution < -0.4 is 4.74 Å². The number of nitrogens with zero attached hydrogens (tertiary/aromatic N) is 2. The summed E-state index contributed by atoms with van der Waals surface area (Å²) >= 11 is 3.17. The van der Waals surface area contributed by atoms with Crippen molar-refractivity contribution >= 4 is 21.9 Å². The van der Waals surface area contributed by atoms with Crippen LogP contribution in [-0.2, 0) is 6.42 Å². The summed E-state index contributed by atoms with van der Waals surface area (Å²) in [6.45, 7) is 0.453. The molecule has 0 fully saturated rings. The highest BCUT2D eigenvalue weighted by Crippen LogP contribution is 2.22. The molecule has 0 unspecified atom stereocenters. The Hall–Kier alpha value is -1.89. The SMILES string of the molecule is O=C(O)c1ccc(OCCc2cnc[nH]2)c(Br)n1. The number of aromatic amines is 1. The average Bonchev–Trinajstić information content (AvgIpc) is 2.84. The van der Waals surface area contributed by atoms with Crippen molar-refractivity contribution in [3.05, 3.63) is 40.6 Å². The zero-order valence-electron chi connectivity index (χ0n) is 9.26. The zero-order valence-corrected chi connectivity index (χ0v) is 10.8. The number of rotatable bonds is 5. The summed E-state index contributed by atoms with van der Waals surface area (Å²) < 4.78 is 5.88. The highest BCUT2D eigenvalue weighted by molar-refractivity contribution is 9.10. The van der Waals surface area contributed by atoms with E-state index in [1.807, 2.05) is 0 Å². The number of nitrogens with one attached hydrogen (secondary N) is 1. The van der Waals surface area contributed by atoms with E-state index in [9.17, 15) is 4.79 Å². The largest absolute Gasteiger partial charge is 0.490 e. The third-order valence-electron chi connectivity index (χ3n) is 2.22. The molecule has 2 aromatic rings. The smallest absolute Gasteiger partial charge is 0.354 e. The van der Waals surface area contributed by atoms with E-state index in [-0.39, 0.29) is 5.69 Å². The molecule has 0 amide bonds. The van der Waals surface area contributed by atoms with Gasteiger partial charge in [0.15, 0.2) is 5.75 Å². The summed E-state index contributed by atoms with van der Waals surface area (Å²) in [5, 5.41) is 8.77. The second-order valence-electron chi connectivity index (χ2n) is 3.47. The van der Waals surface area contributed by atoms with Crippen LogP contribution in [0, 0.1) is 0 Å². The molecule has 2 aromatic heterocycles. The summed E-state index contributed by atoms with van der Waals surface area (Å²) in [6, 6.07) is 2.98. The lowest BCUT2D eigenvalue weighted by molar-refractivity contribution is 0.0690. The molecule has 2 rings (SSSR count). The number of imidazole rings is 1. The predicted octanol–water partition coefficient (Wildman–Crippen LogP) is 1.89. The van der Waals surface area contributed by atoms with Crippen LogP contribution in [0.2, 0.25) is 0 Å². The molecule has 6 nitrogen and oxygen atoms in total. The average molecular weight is 312 g/mol. The van der Waals surface area contributed by atoms with Gasteiger partial charge in [-0.2, -0.15) is 0 Å². The number of pyridine rings is 1. The van der Waals surface area contributed by atoms with E-state index in [0.717, 1.165) is 5.69 Å². The highest BCUT2D eigenvalue weighted by Gasteiger charge is 2.09. The van der Waals surface area contributed by atoms with Crippen LogP contribution in [0.3, 0.4) is 0 Å². The molecule has 0 atom stereocenters. The molecule has 7 heteroatoms. The van der Waals surface area contributed by atoms with E-state index < -0.39 is 5.97 Å². The van der Waals surface area contributed by atoms with Crippen molar-refractivity contribution < 1.29 is 14.6 Å². The second kappa shape index (κ2) is 5.63. The standard InChI is InChI=1S/C11H10BrN3O3/c12-10-9(2-1-8(15-10)11(16)17)18-4-3-7-5-13-6-14-7/h1-2,5-6H,3-4H2,(H,13,14)(H,16,17). The first-order chi connectivity index (χ1) is 8.66. The van der Waals surface area contributed by atoms with Crippen molar-refractivity contribution in [1.29, 1.82) is 0 Å². The Balaban J connectivity index is 1.95. The normalized spacial score (nSPS) is 10.3. The van der Waals surface area contributed by atoms with Crippen LogP contribution in [0.25, 0.3) is 0 Å². The van der Waals surface area contributed by atoms with Gasteiger partial charge in [-0.1, -0.05) is 0 Å².